The van der Waals surface area contributed by atoms with Crippen LogP contribution in [0.25, 0.3) is 0 Å². The number of quaternary nitrogens is 1. The molecule has 0 aliphatic carbocycles. The van der Waals surface area contributed by atoms with E-state index in [2.05, 4.69) is 27.7 Å². The van der Waals surface area contributed by atoms with E-state index < -0.39 is 0 Å². The van der Waals surface area contributed by atoms with Crippen molar-refractivity contribution in [3.8, 4) is 0 Å². The van der Waals surface area contributed by atoms with Gasteiger partial charge in [-0.3, -0.25) is 0 Å². The lowest BCUT2D eigenvalue weighted by molar-refractivity contribution is 0.762. The van der Waals surface area contributed by atoms with Gasteiger partial charge in [0, 0.05) is 6.15 Å². The SMILES string of the molecule is CCCC[B-](CCCC)(CCCC)CCCC.[NH4+]. The zero-order chi connectivity index (χ0) is 13.0. The Kier molecular flexibility index (Phi) is 15.2. The first-order valence-electron chi connectivity index (χ1n) is 8.46. The zero-order valence-corrected chi connectivity index (χ0v) is 14.1. The van der Waals surface area contributed by atoms with Crippen LogP contribution in [-0.4, -0.2) is 6.15 Å². The second-order valence-corrected chi connectivity index (χ2v) is 6.30. The van der Waals surface area contributed by atoms with Gasteiger partial charge in [-0.25, -0.2) is 0 Å². The van der Waals surface area contributed by atoms with Crippen molar-refractivity contribution >= 4 is 6.15 Å². The Morgan fingerprint density at radius 2 is 0.722 bits per heavy atom. The molecule has 0 bridgehead atoms. The van der Waals surface area contributed by atoms with Crippen molar-refractivity contribution in [3.05, 3.63) is 0 Å². The van der Waals surface area contributed by atoms with Gasteiger partial charge in [-0.2, -0.15) is 25.3 Å². The van der Waals surface area contributed by atoms with Gasteiger partial charge < -0.3 is 6.15 Å². The summed E-state index contributed by atoms with van der Waals surface area (Å²) in [6.07, 6.45) is 17.6. The van der Waals surface area contributed by atoms with Crippen molar-refractivity contribution in [2.45, 2.75) is 104 Å². The average Bonchev–Trinajstić information content (AvgIpc) is 2.37. The summed E-state index contributed by atoms with van der Waals surface area (Å²) in [6.45, 7) is 9.39. The molecule has 18 heavy (non-hydrogen) atoms. The first-order chi connectivity index (χ1) is 8.24. The lowest BCUT2D eigenvalue weighted by atomic mass is 9.17. The molecule has 0 aromatic heterocycles. The molecule has 0 rings (SSSR count). The van der Waals surface area contributed by atoms with Crippen molar-refractivity contribution < 1.29 is 0 Å². The van der Waals surface area contributed by atoms with Crippen LogP contribution in [0.2, 0.25) is 25.3 Å². The molecule has 0 amide bonds. The molecule has 0 saturated carbocycles. The third-order valence-electron chi connectivity index (χ3n) is 4.68. The first kappa shape index (κ1) is 20.3. The van der Waals surface area contributed by atoms with E-state index in [0.717, 1.165) is 0 Å². The van der Waals surface area contributed by atoms with E-state index in [1.54, 1.807) is 25.3 Å². The maximum Gasteiger partial charge on any atom is 0.000746 e. The van der Waals surface area contributed by atoms with Gasteiger partial charge in [0.15, 0.2) is 0 Å². The molecule has 0 atom stereocenters. The molecule has 2 heteroatoms. The Morgan fingerprint density at radius 3 is 0.889 bits per heavy atom. The van der Waals surface area contributed by atoms with E-state index in [0.29, 0.717) is 0 Å². The van der Waals surface area contributed by atoms with Gasteiger partial charge in [-0.15, -0.1) is 0 Å². The third-order valence-corrected chi connectivity index (χ3v) is 4.68. The predicted octanol–water partition coefficient (Wildman–Crippen LogP) is 7.01. The van der Waals surface area contributed by atoms with Gasteiger partial charge in [-0.1, -0.05) is 79.1 Å². The molecule has 0 saturated heterocycles. The average molecular weight is 257 g/mol. The summed E-state index contributed by atoms with van der Waals surface area (Å²) in [4.78, 5) is 0. The fourth-order valence-electron chi connectivity index (χ4n) is 3.41. The number of hydrogen-bond donors (Lipinski definition) is 1. The van der Waals surface area contributed by atoms with Crippen molar-refractivity contribution in [2.75, 3.05) is 0 Å². The van der Waals surface area contributed by atoms with Gasteiger partial charge in [0.2, 0.25) is 0 Å². The standard InChI is InChI=1S/C16H36B.H3N/c1-5-9-13-17(14-10-6-2,15-11-7-3)16-12-8-4;/h5-16H2,1-4H3;1H3/q-1;/p+1. The minimum atomic E-state index is -0.00722. The van der Waals surface area contributed by atoms with Gasteiger partial charge in [0.25, 0.3) is 0 Å². The maximum atomic E-state index is 2.35. The highest BCUT2D eigenvalue weighted by atomic mass is 14.0. The monoisotopic (exact) mass is 257 g/mol. The summed E-state index contributed by atoms with van der Waals surface area (Å²) >= 11 is 0. The van der Waals surface area contributed by atoms with Crippen LogP contribution in [0.3, 0.4) is 0 Å². The smallest absolute Gasteiger partial charge is 0.000746 e. The molecule has 0 aliphatic rings. The molecule has 0 fully saturated rings. The van der Waals surface area contributed by atoms with E-state index in [-0.39, 0.29) is 12.3 Å². The second kappa shape index (κ2) is 13.5. The lowest BCUT2D eigenvalue weighted by Crippen LogP contribution is -2.33. The predicted molar refractivity (Wildman–Crippen MR) is 90.6 cm³/mol. The van der Waals surface area contributed by atoms with Gasteiger partial charge in [0.1, 0.15) is 0 Å². The van der Waals surface area contributed by atoms with Crippen LogP contribution < -0.4 is 6.15 Å². The maximum absolute atomic E-state index is 2.35. The highest BCUT2D eigenvalue weighted by Gasteiger charge is 2.22. The zero-order valence-electron chi connectivity index (χ0n) is 14.1. The fraction of sp³-hybridized carbons (Fsp3) is 1.00. The quantitative estimate of drug-likeness (QED) is 0.365. The third kappa shape index (κ3) is 9.02. The number of rotatable bonds is 12. The first-order valence-corrected chi connectivity index (χ1v) is 8.46. The van der Waals surface area contributed by atoms with E-state index in [1.807, 2.05) is 0 Å². The molecule has 0 aliphatic heterocycles. The minimum Gasteiger partial charge on any atom is -0.369 e. The van der Waals surface area contributed by atoms with E-state index in [4.69, 9.17) is 0 Å². The van der Waals surface area contributed by atoms with E-state index in [1.165, 1.54) is 51.4 Å². The molecule has 0 aromatic rings. The van der Waals surface area contributed by atoms with Crippen LogP contribution in [-0.2, 0) is 0 Å². The van der Waals surface area contributed by atoms with Crippen molar-refractivity contribution in [2.24, 2.45) is 0 Å². The molecular formula is C16H40BN. The second-order valence-electron chi connectivity index (χ2n) is 6.30. The molecule has 0 spiro atoms. The van der Waals surface area contributed by atoms with Crippen molar-refractivity contribution in [1.29, 1.82) is 0 Å². The highest BCUT2D eigenvalue weighted by Crippen LogP contribution is 2.33. The van der Waals surface area contributed by atoms with Crippen LogP contribution in [0.5, 0.6) is 0 Å². The summed E-state index contributed by atoms with van der Waals surface area (Å²) in [5.74, 6) is 0. The summed E-state index contributed by atoms with van der Waals surface area (Å²) in [7, 11) is 0. The number of hydrogen-bond acceptors (Lipinski definition) is 0. The molecule has 4 N–H and O–H groups in total. The summed E-state index contributed by atoms with van der Waals surface area (Å²) in [5.41, 5.74) is 0. The van der Waals surface area contributed by atoms with Gasteiger partial charge >= 0.3 is 0 Å². The van der Waals surface area contributed by atoms with E-state index in [9.17, 15) is 0 Å². The lowest BCUT2D eigenvalue weighted by Gasteiger charge is -2.40. The molecule has 112 valence electrons. The fourth-order valence-corrected chi connectivity index (χ4v) is 3.41. The summed E-state index contributed by atoms with van der Waals surface area (Å²) in [6, 6.07) is 0. The Labute approximate surface area is 117 Å². The molecule has 0 heterocycles. The van der Waals surface area contributed by atoms with Crippen LogP contribution in [0.1, 0.15) is 79.1 Å². The Balaban J connectivity index is 0. The number of unbranched alkanes of at least 4 members (excludes halogenated alkanes) is 4. The molecule has 0 unspecified atom stereocenters. The van der Waals surface area contributed by atoms with Gasteiger partial charge in [0.05, 0.1) is 0 Å². The summed E-state index contributed by atoms with van der Waals surface area (Å²) in [5, 5.41) is 0. The Morgan fingerprint density at radius 1 is 0.500 bits per heavy atom. The highest BCUT2D eigenvalue weighted by molar-refractivity contribution is 6.79. The topological polar surface area (TPSA) is 36.5 Å². The minimum absolute atomic E-state index is 0. The molecular weight excluding hydrogens is 217 g/mol. The van der Waals surface area contributed by atoms with Crippen molar-refractivity contribution in [3.63, 3.8) is 0 Å². The molecule has 0 aromatic carbocycles. The van der Waals surface area contributed by atoms with Crippen LogP contribution >= 0.6 is 0 Å². The Bertz CT molecular complexity index is 122. The van der Waals surface area contributed by atoms with Crippen LogP contribution in [0, 0.1) is 0 Å². The van der Waals surface area contributed by atoms with Gasteiger partial charge in [-0.05, 0) is 0 Å². The molecule has 0 radical (unpaired) electrons. The largest absolute Gasteiger partial charge is 0.369 e. The molecule has 1 nitrogen and oxygen atoms in total. The van der Waals surface area contributed by atoms with Crippen LogP contribution in [0.15, 0.2) is 0 Å². The normalized spacial score (nSPS) is 11.3. The Hall–Kier alpha value is 0.0249. The van der Waals surface area contributed by atoms with Crippen molar-refractivity contribution in [1.82, 2.24) is 6.15 Å². The van der Waals surface area contributed by atoms with Crippen LogP contribution in [0.4, 0.5) is 0 Å². The summed E-state index contributed by atoms with van der Waals surface area (Å²) < 4.78 is 0. The van der Waals surface area contributed by atoms with E-state index >= 15 is 0 Å².